The molecule has 0 aromatic rings. The molecule has 4 unspecified atom stereocenters. The van der Waals surface area contributed by atoms with Crippen molar-refractivity contribution in [1.29, 1.82) is 0 Å². The maximum Gasteiger partial charge on any atom is 0.0406 e. The molecule has 4 atom stereocenters. The fourth-order valence-electron chi connectivity index (χ4n) is 3.77. The monoisotopic (exact) mass is 204 g/mol. The van der Waals surface area contributed by atoms with Gasteiger partial charge in [0.1, 0.15) is 0 Å². The van der Waals surface area contributed by atoms with Crippen molar-refractivity contribution in [3.63, 3.8) is 0 Å². The number of rotatable bonds is 0. The van der Waals surface area contributed by atoms with E-state index in [4.69, 9.17) is 23.2 Å². The molecule has 0 aromatic carbocycles. The van der Waals surface area contributed by atoms with Crippen LogP contribution in [0.15, 0.2) is 0 Å². The highest BCUT2D eigenvalue weighted by atomic mass is 35.5. The Bertz CT molecular complexity index is 186. The summed E-state index contributed by atoms with van der Waals surface area (Å²) in [5.74, 6) is 3.24. The van der Waals surface area contributed by atoms with E-state index >= 15 is 0 Å². The molecule has 0 nitrogen and oxygen atoms in total. The first-order valence-corrected chi connectivity index (χ1v) is 5.91. The SMILES string of the molecule is ClC1C2CC3CC(C2)C(Cl)C1C3. The number of alkyl halides is 2. The summed E-state index contributed by atoms with van der Waals surface area (Å²) in [6.45, 7) is 0. The Labute approximate surface area is 83.6 Å². The molecule has 4 saturated carbocycles. The van der Waals surface area contributed by atoms with E-state index in [-0.39, 0.29) is 0 Å². The smallest absolute Gasteiger partial charge is 0.0406 e. The zero-order valence-corrected chi connectivity index (χ0v) is 8.56. The van der Waals surface area contributed by atoms with Crippen LogP contribution in [0.2, 0.25) is 0 Å². The summed E-state index contributed by atoms with van der Waals surface area (Å²) in [7, 11) is 0. The Kier molecular flexibility index (Phi) is 1.68. The largest absolute Gasteiger partial charge is 0.122 e. The maximum atomic E-state index is 6.38. The van der Waals surface area contributed by atoms with E-state index in [1.54, 1.807) is 0 Å². The molecule has 68 valence electrons. The van der Waals surface area contributed by atoms with Gasteiger partial charge < -0.3 is 0 Å². The lowest BCUT2D eigenvalue weighted by molar-refractivity contribution is 0.0288. The van der Waals surface area contributed by atoms with E-state index in [1.165, 1.54) is 25.7 Å². The molecule has 0 amide bonds. The minimum absolute atomic E-state index is 0.403. The lowest BCUT2D eigenvalue weighted by Gasteiger charge is -2.54. The van der Waals surface area contributed by atoms with Gasteiger partial charge in [-0.1, -0.05) is 0 Å². The molecule has 2 heteroatoms. The third kappa shape index (κ3) is 0.915. The van der Waals surface area contributed by atoms with Gasteiger partial charge >= 0.3 is 0 Å². The average molecular weight is 205 g/mol. The third-order valence-corrected chi connectivity index (χ3v) is 5.56. The van der Waals surface area contributed by atoms with E-state index in [9.17, 15) is 0 Å². The second kappa shape index (κ2) is 2.54. The first-order chi connectivity index (χ1) is 5.75. The molecule has 4 aliphatic carbocycles. The van der Waals surface area contributed by atoms with Gasteiger partial charge in [0.2, 0.25) is 0 Å². The Morgan fingerprint density at radius 3 is 1.92 bits per heavy atom. The molecule has 0 radical (unpaired) electrons. The molecule has 0 spiro atoms. The summed E-state index contributed by atoms with van der Waals surface area (Å²) in [6.07, 6.45) is 5.42. The summed E-state index contributed by atoms with van der Waals surface area (Å²) in [4.78, 5) is 0. The van der Waals surface area contributed by atoms with Gasteiger partial charge in [-0.15, -0.1) is 23.2 Å². The van der Waals surface area contributed by atoms with Gasteiger partial charge in [-0.3, -0.25) is 0 Å². The van der Waals surface area contributed by atoms with Gasteiger partial charge in [0.05, 0.1) is 0 Å². The average Bonchev–Trinajstić information content (AvgIpc) is 2.07. The topological polar surface area (TPSA) is 0 Å². The summed E-state index contributed by atoms with van der Waals surface area (Å²) in [5.41, 5.74) is 0. The van der Waals surface area contributed by atoms with Gasteiger partial charge in [-0.05, 0) is 49.4 Å². The summed E-state index contributed by atoms with van der Waals surface area (Å²) >= 11 is 12.8. The van der Waals surface area contributed by atoms with Gasteiger partial charge in [0.15, 0.2) is 0 Å². The molecular weight excluding hydrogens is 191 g/mol. The molecule has 0 aromatic heterocycles. The highest BCUT2D eigenvalue weighted by Gasteiger charge is 2.52. The Balaban J connectivity index is 1.93. The van der Waals surface area contributed by atoms with E-state index in [0.717, 1.165) is 17.8 Å². The minimum atomic E-state index is 0.403. The Morgan fingerprint density at radius 1 is 0.750 bits per heavy atom. The molecule has 0 saturated heterocycles. The van der Waals surface area contributed by atoms with Crippen LogP contribution in [0.3, 0.4) is 0 Å². The first-order valence-electron chi connectivity index (χ1n) is 5.04. The van der Waals surface area contributed by atoms with Crippen LogP contribution < -0.4 is 0 Å². The standard InChI is InChI=1S/C10H14Cl2/c11-9-6-1-5-2-7(4-6)10(12)8(9)3-5/h5-10H,1-4H2. The molecule has 4 aliphatic rings. The van der Waals surface area contributed by atoms with Gasteiger partial charge in [-0.2, -0.15) is 0 Å². The van der Waals surface area contributed by atoms with Crippen LogP contribution in [-0.4, -0.2) is 10.8 Å². The highest BCUT2D eigenvalue weighted by Crippen LogP contribution is 2.57. The van der Waals surface area contributed by atoms with Crippen molar-refractivity contribution < 1.29 is 0 Å². The zero-order chi connectivity index (χ0) is 8.29. The van der Waals surface area contributed by atoms with Crippen molar-refractivity contribution in [2.24, 2.45) is 23.7 Å². The predicted molar refractivity (Wildman–Crippen MR) is 51.7 cm³/mol. The van der Waals surface area contributed by atoms with Crippen molar-refractivity contribution in [3.05, 3.63) is 0 Å². The molecular formula is C10H14Cl2. The normalized spacial score (nSPS) is 62.5. The molecule has 0 N–H and O–H groups in total. The Hall–Kier alpha value is 0.580. The highest BCUT2D eigenvalue weighted by molar-refractivity contribution is 6.24. The molecule has 4 bridgehead atoms. The second-order valence-corrected chi connectivity index (χ2v) is 5.89. The summed E-state index contributed by atoms with van der Waals surface area (Å²) in [6, 6.07) is 0. The van der Waals surface area contributed by atoms with Gasteiger partial charge in [0.25, 0.3) is 0 Å². The van der Waals surface area contributed by atoms with Crippen LogP contribution in [0, 0.1) is 23.7 Å². The summed E-state index contributed by atoms with van der Waals surface area (Å²) in [5, 5.41) is 0.806. The molecule has 4 fully saturated rings. The van der Waals surface area contributed by atoms with Crippen LogP contribution in [-0.2, 0) is 0 Å². The quantitative estimate of drug-likeness (QED) is 0.532. The first kappa shape index (κ1) is 7.94. The van der Waals surface area contributed by atoms with Crippen molar-refractivity contribution in [1.82, 2.24) is 0 Å². The van der Waals surface area contributed by atoms with Crippen LogP contribution in [0.4, 0.5) is 0 Å². The number of hydrogen-bond acceptors (Lipinski definition) is 0. The van der Waals surface area contributed by atoms with Gasteiger partial charge in [-0.25, -0.2) is 0 Å². The molecule has 12 heavy (non-hydrogen) atoms. The van der Waals surface area contributed by atoms with E-state index in [2.05, 4.69) is 0 Å². The Morgan fingerprint density at radius 2 is 1.33 bits per heavy atom. The van der Waals surface area contributed by atoms with Crippen molar-refractivity contribution in [3.8, 4) is 0 Å². The maximum absolute atomic E-state index is 6.38. The van der Waals surface area contributed by atoms with Gasteiger partial charge in [0, 0.05) is 10.8 Å². The van der Waals surface area contributed by atoms with E-state index in [0.29, 0.717) is 16.7 Å². The lowest BCUT2D eigenvalue weighted by atomic mass is 9.56. The molecule has 4 rings (SSSR count). The van der Waals surface area contributed by atoms with Crippen LogP contribution in [0.25, 0.3) is 0 Å². The van der Waals surface area contributed by atoms with E-state index < -0.39 is 0 Å². The lowest BCUT2D eigenvalue weighted by Crippen LogP contribution is -2.52. The van der Waals surface area contributed by atoms with Crippen molar-refractivity contribution >= 4 is 23.2 Å². The van der Waals surface area contributed by atoms with Crippen molar-refractivity contribution in [2.45, 2.75) is 36.4 Å². The van der Waals surface area contributed by atoms with Crippen LogP contribution >= 0.6 is 23.2 Å². The third-order valence-electron chi connectivity index (χ3n) is 4.20. The molecule has 0 aliphatic heterocycles. The van der Waals surface area contributed by atoms with Crippen molar-refractivity contribution in [2.75, 3.05) is 0 Å². The van der Waals surface area contributed by atoms with Crippen LogP contribution in [0.1, 0.15) is 25.7 Å². The fourth-order valence-corrected chi connectivity index (χ4v) is 4.77. The second-order valence-electron chi connectivity index (χ2n) is 4.88. The number of hydrogen-bond donors (Lipinski definition) is 0. The molecule has 0 heterocycles. The number of halogens is 2. The predicted octanol–water partition coefficient (Wildman–Crippen LogP) is 3.27. The zero-order valence-electron chi connectivity index (χ0n) is 7.05. The summed E-state index contributed by atoms with van der Waals surface area (Å²) < 4.78 is 0. The van der Waals surface area contributed by atoms with Crippen LogP contribution in [0.5, 0.6) is 0 Å². The minimum Gasteiger partial charge on any atom is -0.122 e. The van der Waals surface area contributed by atoms with E-state index in [1.807, 2.05) is 0 Å². The fraction of sp³-hybridized carbons (Fsp3) is 1.00.